The number of halogens is 1. The fraction of sp³-hybridized carbons (Fsp3) is 0.200. The van der Waals surface area contributed by atoms with Crippen LogP contribution in [0.1, 0.15) is 5.56 Å². The first-order chi connectivity index (χ1) is 10.5. The molecule has 0 radical (unpaired) electrons. The number of ether oxygens (including phenoxy) is 1. The summed E-state index contributed by atoms with van der Waals surface area (Å²) in [7, 11) is 1.51. The quantitative estimate of drug-likeness (QED) is 0.517. The average Bonchev–Trinajstić information content (AvgIpc) is 2.50. The van der Waals surface area contributed by atoms with Crippen molar-refractivity contribution in [1.82, 2.24) is 0 Å². The monoisotopic (exact) mass is 338 g/mol. The highest BCUT2D eigenvalue weighted by Gasteiger charge is 2.12. The molecule has 116 valence electrons. The number of pyridine rings is 1. The summed E-state index contributed by atoms with van der Waals surface area (Å²) in [6, 6.07) is 8.46. The van der Waals surface area contributed by atoms with Crippen LogP contribution in [-0.4, -0.2) is 18.8 Å². The van der Waals surface area contributed by atoms with Crippen molar-refractivity contribution in [2.75, 3.05) is 18.2 Å². The second-order valence-electron chi connectivity index (χ2n) is 4.50. The van der Waals surface area contributed by atoms with Crippen LogP contribution < -0.4 is 14.8 Å². The lowest BCUT2D eigenvalue weighted by atomic mass is 10.2. The van der Waals surface area contributed by atoms with Crippen LogP contribution in [0.4, 0.5) is 5.69 Å². The molecule has 0 saturated carbocycles. The van der Waals surface area contributed by atoms with E-state index in [1.165, 1.54) is 25.1 Å². The molecule has 5 nitrogen and oxygen atoms in total. The minimum Gasteiger partial charge on any atom is -0.618 e. The molecule has 7 heteroatoms. The maximum atomic E-state index is 12.0. The third-order valence-electron chi connectivity index (χ3n) is 2.89. The van der Waals surface area contributed by atoms with Crippen LogP contribution in [-0.2, 0) is 4.79 Å². The van der Waals surface area contributed by atoms with Gasteiger partial charge in [0.05, 0.1) is 18.6 Å². The van der Waals surface area contributed by atoms with Gasteiger partial charge in [0.15, 0.2) is 6.20 Å². The van der Waals surface area contributed by atoms with E-state index in [0.29, 0.717) is 21.5 Å². The number of amides is 1. The fourth-order valence-corrected chi connectivity index (χ4v) is 2.65. The van der Waals surface area contributed by atoms with Gasteiger partial charge in [-0.1, -0.05) is 11.6 Å². The standard InChI is InChI=1S/C15H15ClN2O3S/c1-10-7-12(13(21-2)8-11(10)16)17-14(19)9-22-15-5-3-4-6-18(15)20/h3-8H,9H2,1-2H3,(H,17,19). The summed E-state index contributed by atoms with van der Waals surface area (Å²) in [6.45, 7) is 1.84. The predicted molar refractivity (Wildman–Crippen MR) is 87.5 cm³/mol. The lowest BCUT2D eigenvalue weighted by Gasteiger charge is -2.12. The van der Waals surface area contributed by atoms with E-state index in [1.807, 2.05) is 6.92 Å². The summed E-state index contributed by atoms with van der Waals surface area (Å²) in [5.74, 6) is 0.387. The van der Waals surface area contributed by atoms with E-state index in [4.69, 9.17) is 16.3 Å². The van der Waals surface area contributed by atoms with E-state index in [2.05, 4.69) is 5.32 Å². The largest absolute Gasteiger partial charge is 0.618 e. The highest BCUT2D eigenvalue weighted by Crippen LogP contribution is 2.31. The first-order valence-corrected chi connectivity index (χ1v) is 7.82. The molecule has 0 unspecified atom stereocenters. The van der Waals surface area contributed by atoms with Crippen molar-refractivity contribution in [1.29, 1.82) is 0 Å². The summed E-state index contributed by atoms with van der Waals surface area (Å²) in [5.41, 5.74) is 1.39. The van der Waals surface area contributed by atoms with Gasteiger partial charge in [-0.2, -0.15) is 4.73 Å². The van der Waals surface area contributed by atoms with E-state index >= 15 is 0 Å². The summed E-state index contributed by atoms with van der Waals surface area (Å²) < 4.78 is 5.93. The summed E-state index contributed by atoms with van der Waals surface area (Å²) in [5, 5.41) is 15.3. The van der Waals surface area contributed by atoms with E-state index in [-0.39, 0.29) is 11.7 Å². The number of carbonyl (C=O) groups excluding carboxylic acids is 1. The molecule has 22 heavy (non-hydrogen) atoms. The normalized spacial score (nSPS) is 10.3. The Labute approximate surface area is 137 Å². The zero-order chi connectivity index (χ0) is 16.1. The molecule has 0 fully saturated rings. The smallest absolute Gasteiger partial charge is 0.251 e. The lowest BCUT2D eigenvalue weighted by Crippen LogP contribution is -2.28. The number of rotatable bonds is 5. The minimum atomic E-state index is -0.228. The number of thioether (sulfide) groups is 1. The third-order valence-corrected chi connectivity index (χ3v) is 4.32. The van der Waals surface area contributed by atoms with Crippen LogP contribution in [0.2, 0.25) is 5.02 Å². The maximum absolute atomic E-state index is 12.0. The molecule has 2 aromatic rings. The molecular weight excluding hydrogens is 324 g/mol. The van der Waals surface area contributed by atoms with Crippen molar-refractivity contribution in [2.24, 2.45) is 0 Å². The lowest BCUT2D eigenvalue weighted by molar-refractivity contribution is -0.645. The molecule has 1 N–H and O–H groups in total. The molecule has 0 saturated heterocycles. The summed E-state index contributed by atoms with van der Waals surface area (Å²) in [4.78, 5) is 12.0. The van der Waals surface area contributed by atoms with Gasteiger partial charge in [0.1, 0.15) is 5.75 Å². The Morgan fingerprint density at radius 3 is 2.91 bits per heavy atom. The first-order valence-electron chi connectivity index (χ1n) is 6.46. The molecule has 2 rings (SSSR count). The molecule has 0 aliphatic rings. The second-order valence-corrected chi connectivity index (χ2v) is 5.91. The van der Waals surface area contributed by atoms with Gasteiger partial charge in [-0.25, -0.2) is 0 Å². The van der Waals surface area contributed by atoms with Crippen molar-refractivity contribution in [2.45, 2.75) is 11.9 Å². The molecule has 0 aliphatic heterocycles. The Hall–Kier alpha value is -1.92. The maximum Gasteiger partial charge on any atom is 0.251 e. The molecule has 0 aliphatic carbocycles. The first kappa shape index (κ1) is 16.5. The van der Waals surface area contributed by atoms with Gasteiger partial charge in [-0.15, -0.1) is 0 Å². The van der Waals surface area contributed by atoms with Crippen molar-refractivity contribution >= 4 is 35.0 Å². The SMILES string of the molecule is COc1cc(Cl)c(C)cc1NC(=O)CSc1cccc[n+]1[O-]. The number of anilines is 1. The molecule has 0 atom stereocenters. The van der Waals surface area contributed by atoms with Crippen molar-refractivity contribution < 1.29 is 14.3 Å². The van der Waals surface area contributed by atoms with Crippen LogP contribution in [0.5, 0.6) is 5.75 Å². The van der Waals surface area contributed by atoms with Crippen LogP contribution >= 0.6 is 23.4 Å². The van der Waals surface area contributed by atoms with Gasteiger partial charge < -0.3 is 15.3 Å². The molecule has 1 aromatic carbocycles. The van der Waals surface area contributed by atoms with Crippen molar-refractivity contribution in [3.63, 3.8) is 0 Å². The number of benzene rings is 1. The molecule has 0 bridgehead atoms. The Morgan fingerprint density at radius 1 is 1.45 bits per heavy atom. The van der Waals surface area contributed by atoms with Crippen LogP contribution in [0, 0.1) is 12.1 Å². The number of aromatic nitrogens is 1. The second kappa shape index (κ2) is 7.38. The zero-order valence-electron chi connectivity index (χ0n) is 12.1. The number of hydrogen-bond donors (Lipinski definition) is 1. The third kappa shape index (κ3) is 4.05. The van der Waals surface area contributed by atoms with E-state index in [1.54, 1.807) is 30.3 Å². The van der Waals surface area contributed by atoms with Gasteiger partial charge in [-0.3, -0.25) is 4.79 Å². The van der Waals surface area contributed by atoms with Crippen molar-refractivity contribution in [3.05, 3.63) is 52.3 Å². The highest BCUT2D eigenvalue weighted by molar-refractivity contribution is 7.99. The number of methoxy groups -OCH3 is 1. The van der Waals surface area contributed by atoms with Crippen LogP contribution in [0.15, 0.2) is 41.6 Å². The van der Waals surface area contributed by atoms with E-state index in [0.717, 1.165) is 10.3 Å². The molecular formula is C15H15ClN2O3S. The Kier molecular flexibility index (Phi) is 5.51. The molecule has 1 amide bonds. The van der Waals surface area contributed by atoms with Gasteiger partial charge in [0.25, 0.3) is 5.03 Å². The number of carbonyl (C=O) groups is 1. The topological polar surface area (TPSA) is 65.3 Å². The minimum absolute atomic E-state index is 0.122. The number of aryl methyl sites for hydroxylation is 1. The van der Waals surface area contributed by atoms with Gasteiger partial charge >= 0.3 is 0 Å². The Bertz CT molecular complexity index is 694. The molecule has 0 spiro atoms. The van der Waals surface area contributed by atoms with Gasteiger partial charge in [0.2, 0.25) is 5.91 Å². The Balaban J connectivity index is 2.03. The number of nitrogens with one attached hydrogen (secondary N) is 1. The van der Waals surface area contributed by atoms with E-state index < -0.39 is 0 Å². The summed E-state index contributed by atoms with van der Waals surface area (Å²) >= 11 is 7.19. The number of nitrogens with zero attached hydrogens (tertiary/aromatic N) is 1. The van der Waals surface area contributed by atoms with E-state index in [9.17, 15) is 10.0 Å². The van der Waals surface area contributed by atoms with Gasteiger partial charge in [0, 0.05) is 23.2 Å². The van der Waals surface area contributed by atoms with Gasteiger partial charge in [-0.05, 0) is 36.4 Å². The van der Waals surface area contributed by atoms with Crippen molar-refractivity contribution in [3.8, 4) is 5.75 Å². The van der Waals surface area contributed by atoms with Crippen LogP contribution in [0.3, 0.4) is 0 Å². The molecule has 1 aromatic heterocycles. The average molecular weight is 339 g/mol. The van der Waals surface area contributed by atoms with Crippen LogP contribution in [0.25, 0.3) is 0 Å². The fourth-order valence-electron chi connectivity index (χ4n) is 1.78. The number of hydrogen-bond acceptors (Lipinski definition) is 4. The zero-order valence-corrected chi connectivity index (χ0v) is 13.7. The molecule has 1 heterocycles. The Morgan fingerprint density at radius 2 is 2.23 bits per heavy atom. The highest BCUT2D eigenvalue weighted by atomic mass is 35.5. The summed E-state index contributed by atoms with van der Waals surface area (Å²) in [6.07, 6.45) is 1.39. The predicted octanol–water partition coefficient (Wildman–Crippen LogP) is 3.02.